The van der Waals surface area contributed by atoms with E-state index in [4.69, 9.17) is 0 Å². The fourth-order valence-corrected chi connectivity index (χ4v) is 4.55. The molecule has 20 heavy (non-hydrogen) atoms. The maximum absolute atomic E-state index is 9.78. The van der Waals surface area contributed by atoms with Crippen LogP contribution in [0.5, 0.6) is 0 Å². The van der Waals surface area contributed by atoms with Gasteiger partial charge in [0.2, 0.25) is 0 Å². The number of aliphatic hydroxyl groups is 1. The van der Waals surface area contributed by atoms with E-state index in [1.54, 1.807) is 0 Å². The van der Waals surface area contributed by atoms with Gasteiger partial charge in [-0.1, -0.05) is 32.6 Å². The standard InChI is InChI=1S/C17H34N2O/c1-3-19(16-9-5-4-6-10-16)13-11-15-8-7-12-17(15,14-20)18-2/h15-16,18,20H,3-14H2,1-2H3. The molecule has 2 aliphatic rings. The van der Waals surface area contributed by atoms with Gasteiger partial charge in [-0.15, -0.1) is 0 Å². The van der Waals surface area contributed by atoms with E-state index in [9.17, 15) is 5.11 Å². The van der Waals surface area contributed by atoms with Gasteiger partial charge in [0.15, 0.2) is 0 Å². The van der Waals surface area contributed by atoms with E-state index in [-0.39, 0.29) is 5.54 Å². The minimum absolute atomic E-state index is 0.00593. The van der Waals surface area contributed by atoms with Crippen LogP contribution in [0, 0.1) is 5.92 Å². The summed E-state index contributed by atoms with van der Waals surface area (Å²) >= 11 is 0. The SMILES string of the molecule is CCN(CCC1CCCC1(CO)NC)C1CCCCC1. The lowest BCUT2D eigenvalue weighted by atomic mass is 9.85. The molecule has 0 amide bonds. The smallest absolute Gasteiger partial charge is 0.0615 e. The quantitative estimate of drug-likeness (QED) is 0.754. The Morgan fingerprint density at radius 2 is 1.90 bits per heavy atom. The van der Waals surface area contributed by atoms with Gasteiger partial charge in [-0.05, 0) is 58.2 Å². The van der Waals surface area contributed by atoms with E-state index in [1.165, 1.54) is 64.5 Å². The van der Waals surface area contributed by atoms with Crippen LogP contribution in [0.3, 0.4) is 0 Å². The largest absolute Gasteiger partial charge is 0.394 e. The summed E-state index contributed by atoms with van der Waals surface area (Å²) in [7, 11) is 2.02. The van der Waals surface area contributed by atoms with Crippen molar-refractivity contribution in [1.82, 2.24) is 10.2 Å². The Morgan fingerprint density at radius 3 is 2.50 bits per heavy atom. The Labute approximate surface area is 125 Å². The van der Waals surface area contributed by atoms with Gasteiger partial charge in [-0.25, -0.2) is 0 Å². The monoisotopic (exact) mass is 282 g/mol. The zero-order valence-electron chi connectivity index (χ0n) is 13.5. The van der Waals surface area contributed by atoms with E-state index in [0.29, 0.717) is 12.5 Å². The molecule has 118 valence electrons. The van der Waals surface area contributed by atoms with Crippen molar-refractivity contribution in [3.8, 4) is 0 Å². The van der Waals surface area contributed by atoms with E-state index in [0.717, 1.165) is 12.5 Å². The second-order valence-corrected chi connectivity index (χ2v) is 6.86. The number of rotatable bonds is 7. The molecular formula is C17H34N2O. The third-order valence-corrected chi connectivity index (χ3v) is 6.00. The van der Waals surface area contributed by atoms with Gasteiger partial charge in [-0.2, -0.15) is 0 Å². The second-order valence-electron chi connectivity index (χ2n) is 6.86. The van der Waals surface area contributed by atoms with Gasteiger partial charge >= 0.3 is 0 Å². The van der Waals surface area contributed by atoms with Crippen LogP contribution in [0.4, 0.5) is 0 Å². The summed E-state index contributed by atoms with van der Waals surface area (Å²) in [6.07, 6.45) is 12.0. The molecule has 0 aromatic rings. The molecule has 0 bridgehead atoms. The molecule has 0 aliphatic heterocycles. The fraction of sp³-hybridized carbons (Fsp3) is 1.00. The molecule has 3 nitrogen and oxygen atoms in total. The van der Waals surface area contributed by atoms with E-state index < -0.39 is 0 Å². The summed E-state index contributed by atoms with van der Waals surface area (Å²) in [5.74, 6) is 0.648. The topological polar surface area (TPSA) is 35.5 Å². The van der Waals surface area contributed by atoms with Gasteiger partial charge < -0.3 is 15.3 Å². The first-order valence-corrected chi connectivity index (χ1v) is 8.79. The Morgan fingerprint density at radius 1 is 1.15 bits per heavy atom. The van der Waals surface area contributed by atoms with Gasteiger partial charge in [0.25, 0.3) is 0 Å². The van der Waals surface area contributed by atoms with Crippen LogP contribution in [0.25, 0.3) is 0 Å². The average molecular weight is 282 g/mol. The molecule has 2 aliphatic carbocycles. The predicted octanol–water partition coefficient (Wildman–Crippen LogP) is 2.78. The summed E-state index contributed by atoms with van der Waals surface area (Å²) in [6, 6.07) is 0.827. The number of aliphatic hydroxyl groups excluding tert-OH is 1. The van der Waals surface area contributed by atoms with Crippen molar-refractivity contribution in [3.05, 3.63) is 0 Å². The third kappa shape index (κ3) is 3.55. The van der Waals surface area contributed by atoms with Gasteiger partial charge in [0, 0.05) is 11.6 Å². The highest BCUT2D eigenvalue weighted by molar-refractivity contribution is 4.98. The van der Waals surface area contributed by atoms with Crippen LogP contribution in [0.15, 0.2) is 0 Å². The molecule has 2 N–H and O–H groups in total. The summed E-state index contributed by atoms with van der Waals surface area (Å²) in [4.78, 5) is 2.70. The van der Waals surface area contributed by atoms with Gasteiger partial charge in [0.1, 0.15) is 0 Å². The van der Waals surface area contributed by atoms with Crippen molar-refractivity contribution >= 4 is 0 Å². The Hall–Kier alpha value is -0.120. The maximum atomic E-state index is 9.78. The molecule has 0 heterocycles. The number of likely N-dealkylation sites (N-methyl/N-ethyl adjacent to an activating group) is 1. The highest BCUT2D eigenvalue weighted by atomic mass is 16.3. The normalized spacial score (nSPS) is 32.1. The number of nitrogens with one attached hydrogen (secondary N) is 1. The molecule has 3 heteroatoms. The van der Waals surface area contributed by atoms with E-state index >= 15 is 0 Å². The second kappa shape index (κ2) is 7.77. The molecule has 2 rings (SSSR count). The molecule has 2 saturated carbocycles. The highest BCUT2D eigenvalue weighted by Gasteiger charge is 2.40. The summed E-state index contributed by atoms with van der Waals surface area (Å²) < 4.78 is 0. The summed E-state index contributed by atoms with van der Waals surface area (Å²) in [6.45, 7) is 5.00. The van der Waals surface area contributed by atoms with Crippen molar-refractivity contribution in [2.24, 2.45) is 5.92 Å². The molecule has 0 radical (unpaired) electrons. The number of hydrogen-bond acceptors (Lipinski definition) is 3. The Kier molecular flexibility index (Phi) is 6.31. The maximum Gasteiger partial charge on any atom is 0.0615 e. The van der Waals surface area contributed by atoms with Crippen LogP contribution in [-0.2, 0) is 0 Å². The molecule has 0 spiro atoms. The zero-order valence-corrected chi connectivity index (χ0v) is 13.5. The lowest BCUT2D eigenvalue weighted by molar-refractivity contribution is 0.104. The van der Waals surface area contributed by atoms with E-state index in [1.807, 2.05) is 7.05 Å². The van der Waals surface area contributed by atoms with Crippen LogP contribution in [0.2, 0.25) is 0 Å². The van der Waals surface area contributed by atoms with Crippen LogP contribution in [0.1, 0.15) is 64.7 Å². The lowest BCUT2D eigenvalue weighted by Gasteiger charge is -2.37. The van der Waals surface area contributed by atoms with Crippen LogP contribution >= 0.6 is 0 Å². The minimum atomic E-state index is 0.00593. The fourth-order valence-electron chi connectivity index (χ4n) is 4.55. The Balaban J connectivity index is 1.85. The average Bonchev–Trinajstić information content (AvgIpc) is 2.92. The first kappa shape index (κ1) is 16.3. The minimum Gasteiger partial charge on any atom is -0.394 e. The Bertz CT molecular complexity index is 272. The molecule has 0 aromatic heterocycles. The first-order chi connectivity index (χ1) is 9.75. The lowest BCUT2D eigenvalue weighted by Crippen LogP contribution is -2.50. The highest BCUT2D eigenvalue weighted by Crippen LogP contribution is 2.37. The van der Waals surface area contributed by atoms with Crippen molar-refractivity contribution in [2.75, 3.05) is 26.7 Å². The first-order valence-electron chi connectivity index (χ1n) is 8.79. The van der Waals surface area contributed by atoms with Gasteiger partial charge in [0.05, 0.1) is 6.61 Å². The molecule has 2 unspecified atom stereocenters. The predicted molar refractivity (Wildman–Crippen MR) is 85.0 cm³/mol. The molecule has 2 atom stereocenters. The molecule has 0 saturated heterocycles. The van der Waals surface area contributed by atoms with Crippen LogP contribution in [-0.4, -0.2) is 48.3 Å². The van der Waals surface area contributed by atoms with E-state index in [2.05, 4.69) is 17.1 Å². The zero-order chi connectivity index (χ0) is 14.4. The number of nitrogens with zero attached hydrogens (tertiary/aromatic N) is 1. The summed E-state index contributed by atoms with van der Waals surface area (Å²) in [5.41, 5.74) is 0.00593. The van der Waals surface area contributed by atoms with Crippen molar-refractivity contribution < 1.29 is 5.11 Å². The van der Waals surface area contributed by atoms with Crippen LogP contribution < -0.4 is 5.32 Å². The molecule has 2 fully saturated rings. The van der Waals surface area contributed by atoms with Crippen molar-refractivity contribution in [3.63, 3.8) is 0 Å². The van der Waals surface area contributed by atoms with Crippen molar-refractivity contribution in [1.29, 1.82) is 0 Å². The summed E-state index contributed by atoms with van der Waals surface area (Å²) in [5, 5.41) is 13.2. The molecule has 0 aromatic carbocycles. The van der Waals surface area contributed by atoms with Gasteiger partial charge in [-0.3, -0.25) is 0 Å². The third-order valence-electron chi connectivity index (χ3n) is 6.00. The number of hydrogen-bond donors (Lipinski definition) is 2. The van der Waals surface area contributed by atoms with Crippen molar-refractivity contribution in [2.45, 2.75) is 76.3 Å². The molecular weight excluding hydrogens is 248 g/mol.